The molecule has 10 heteroatoms. The number of methoxy groups -OCH3 is 2. The Bertz CT molecular complexity index is 1010. The van der Waals surface area contributed by atoms with Gasteiger partial charge >= 0.3 is 0 Å². The number of aromatic nitrogens is 1. The summed E-state index contributed by atoms with van der Waals surface area (Å²) in [6, 6.07) is 7.49. The molecule has 9 nitrogen and oxygen atoms in total. The topological polar surface area (TPSA) is 116 Å². The van der Waals surface area contributed by atoms with Gasteiger partial charge in [-0.15, -0.1) is 0 Å². The molecular formula is C21H27N3O6S. The van der Waals surface area contributed by atoms with Gasteiger partial charge in [0.25, 0.3) is 5.91 Å². The number of anilines is 1. The first kappa shape index (κ1) is 23.0. The van der Waals surface area contributed by atoms with Gasteiger partial charge in [-0.25, -0.2) is 18.1 Å². The van der Waals surface area contributed by atoms with Gasteiger partial charge in [-0.3, -0.25) is 4.79 Å². The first-order chi connectivity index (χ1) is 14.9. The molecule has 1 saturated carbocycles. The van der Waals surface area contributed by atoms with Crippen LogP contribution in [0.4, 0.5) is 5.69 Å². The lowest BCUT2D eigenvalue weighted by Gasteiger charge is -2.16. The molecule has 0 aliphatic heterocycles. The van der Waals surface area contributed by atoms with Crippen LogP contribution in [-0.4, -0.2) is 52.8 Å². The summed E-state index contributed by atoms with van der Waals surface area (Å²) in [5.41, 5.74) is 0.534. The smallest absolute Gasteiger partial charge is 0.255 e. The van der Waals surface area contributed by atoms with Crippen molar-refractivity contribution < 1.29 is 27.4 Å². The highest BCUT2D eigenvalue weighted by atomic mass is 32.2. The van der Waals surface area contributed by atoms with Crippen molar-refractivity contribution in [1.29, 1.82) is 0 Å². The Labute approximate surface area is 182 Å². The molecule has 1 fully saturated rings. The van der Waals surface area contributed by atoms with Crippen molar-refractivity contribution in [2.24, 2.45) is 0 Å². The second-order valence-corrected chi connectivity index (χ2v) is 8.80. The van der Waals surface area contributed by atoms with Gasteiger partial charge in [0.15, 0.2) is 0 Å². The van der Waals surface area contributed by atoms with Crippen molar-refractivity contribution in [3.8, 4) is 11.6 Å². The molecule has 1 aromatic carbocycles. The number of carbonyl (C=O) groups excluding carboxylic acids is 1. The predicted molar refractivity (Wildman–Crippen MR) is 115 cm³/mol. The van der Waals surface area contributed by atoms with E-state index < -0.39 is 15.9 Å². The summed E-state index contributed by atoms with van der Waals surface area (Å²) < 4.78 is 44.3. The maximum Gasteiger partial charge on any atom is 0.255 e. The van der Waals surface area contributed by atoms with Crippen LogP contribution in [0.2, 0.25) is 0 Å². The minimum absolute atomic E-state index is 0.0719. The molecule has 1 aliphatic rings. The monoisotopic (exact) mass is 449 g/mol. The molecule has 0 saturated heterocycles. The summed E-state index contributed by atoms with van der Waals surface area (Å²) >= 11 is 0. The first-order valence-electron chi connectivity index (χ1n) is 10.0. The molecule has 0 spiro atoms. The third kappa shape index (κ3) is 5.93. The fourth-order valence-electron chi connectivity index (χ4n) is 3.37. The molecule has 0 atom stereocenters. The van der Waals surface area contributed by atoms with Gasteiger partial charge in [-0.1, -0.05) is 12.8 Å². The number of ether oxygens (including phenoxy) is 3. The summed E-state index contributed by atoms with van der Waals surface area (Å²) in [6.45, 7) is 0.645. The zero-order chi connectivity index (χ0) is 22.3. The number of nitrogens with one attached hydrogen (secondary N) is 2. The summed E-state index contributed by atoms with van der Waals surface area (Å²) in [5, 5.41) is 2.72. The van der Waals surface area contributed by atoms with Crippen LogP contribution in [0.3, 0.4) is 0 Å². The van der Waals surface area contributed by atoms with Gasteiger partial charge in [0.05, 0.1) is 13.7 Å². The highest BCUT2D eigenvalue weighted by molar-refractivity contribution is 7.89. The molecule has 1 aromatic heterocycles. The van der Waals surface area contributed by atoms with Crippen LogP contribution in [0.15, 0.2) is 41.4 Å². The van der Waals surface area contributed by atoms with E-state index in [0.29, 0.717) is 12.3 Å². The number of pyridine rings is 1. The molecule has 1 aliphatic carbocycles. The van der Waals surface area contributed by atoms with Crippen LogP contribution >= 0.6 is 0 Å². The third-order valence-electron chi connectivity index (χ3n) is 4.94. The summed E-state index contributed by atoms with van der Waals surface area (Å²) in [7, 11) is -0.896. The molecule has 2 aromatic rings. The lowest BCUT2D eigenvalue weighted by molar-refractivity contribution is 0.102. The normalized spacial score (nSPS) is 14.4. The number of amides is 1. The maximum atomic E-state index is 12.9. The van der Waals surface area contributed by atoms with Crippen molar-refractivity contribution >= 4 is 21.6 Å². The second kappa shape index (κ2) is 10.6. The minimum atomic E-state index is -3.84. The fraction of sp³-hybridized carbons (Fsp3) is 0.429. The minimum Gasteiger partial charge on any atom is -0.495 e. The average molecular weight is 450 g/mol. The molecule has 168 valence electrons. The number of carbonyl (C=O) groups is 1. The van der Waals surface area contributed by atoms with Gasteiger partial charge in [-0.2, -0.15) is 0 Å². The van der Waals surface area contributed by atoms with Gasteiger partial charge in [0.1, 0.15) is 22.9 Å². The number of hydrogen-bond acceptors (Lipinski definition) is 7. The predicted octanol–water partition coefficient (Wildman–Crippen LogP) is 2.59. The van der Waals surface area contributed by atoms with E-state index in [1.54, 1.807) is 25.4 Å². The standard InChI is InChI=1S/C21H27N3O6S/c1-28-12-13-30-21-17(8-5-11-22-21)23-20(25)15-9-10-18(29-2)19(14-15)31(26,27)24-16-6-3-4-7-16/h5,8-11,14,16,24H,3-4,6-7,12-13H2,1-2H3,(H,23,25). The molecule has 0 unspecified atom stereocenters. The van der Waals surface area contributed by atoms with E-state index >= 15 is 0 Å². The highest BCUT2D eigenvalue weighted by Crippen LogP contribution is 2.28. The molecular weight excluding hydrogens is 422 g/mol. The largest absolute Gasteiger partial charge is 0.495 e. The highest BCUT2D eigenvalue weighted by Gasteiger charge is 2.26. The van der Waals surface area contributed by atoms with Gasteiger partial charge in [0, 0.05) is 24.9 Å². The molecule has 1 amide bonds. The number of benzene rings is 1. The SMILES string of the molecule is COCCOc1ncccc1NC(=O)c1ccc(OC)c(S(=O)(=O)NC2CCCC2)c1. The van der Waals surface area contributed by atoms with E-state index in [1.165, 1.54) is 25.3 Å². The van der Waals surface area contributed by atoms with Crippen molar-refractivity contribution in [3.63, 3.8) is 0 Å². The molecule has 0 bridgehead atoms. The van der Waals surface area contributed by atoms with E-state index in [-0.39, 0.29) is 34.7 Å². The van der Waals surface area contributed by atoms with Gasteiger partial charge in [0.2, 0.25) is 15.9 Å². The van der Waals surface area contributed by atoms with Crippen LogP contribution in [0.1, 0.15) is 36.0 Å². The molecule has 1 heterocycles. The van der Waals surface area contributed by atoms with E-state index in [9.17, 15) is 13.2 Å². The van der Waals surface area contributed by atoms with Crippen LogP contribution in [-0.2, 0) is 14.8 Å². The number of rotatable bonds is 10. The molecule has 3 rings (SSSR count). The fourth-order valence-corrected chi connectivity index (χ4v) is 4.87. The number of sulfonamides is 1. The third-order valence-corrected chi connectivity index (χ3v) is 6.48. The Hall–Kier alpha value is -2.69. The van der Waals surface area contributed by atoms with Gasteiger partial charge in [-0.05, 0) is 43.2 Å². The Balaban J connectivity index is 1.82. The number of nitrogens with zero attached hydrogens (tertiary/aromatic N) is 1. The lowest BCUT2D eigenvalue weighted by Crippen LogP contribution is -2.33. The zero-order valence-corrected chi connectivity index (χ0v) is 18.4. The Morgan fingerprint density at radius 1 is 1.16 bits per heavy atom. The van der Waals surface area contributed by atoms with Crippen LogP contribution < -0.4 is 19.5 Å². The number of hydrogen-bond donors (Lipinski definition) is 2. The van der Waals surface area contributed by atoms with E-state index in [0.717, 1.165) is 25.7 Å². The van der Waals surface area contributed by atoms with Crippen LogP contribution in [0.25, 0.3) is 0 Å². The van der Waals surface area contributed by atoms with Crippen LogP contribution in [0.5, 0.6) is 11.6 Å². The first-order valence-corrected chi connectivity index (χ1v) is 11.5. The quantitative estimate of drug-likeness (QED) is 0.536. The molecule has 31 heavy (non-hydrogen) atoms. The zero-order valence-electron chi connectivity index (χ0n) is 17.6. The Morgan fingerprint density at radius 3 is 2.65 bits per heavy atom. The Morgan fingerprint density at radius 2 is 1.94 bits per heavy atom. The Kier molecular flexibility index (Phi) is 7.83. The van der Waals surface area contributed by atoms with Crippen molar-refractivity contribution in [1.82, 2.24) is 9.71 Å². The summed E-state index contributed by atoms with van der Waals surface area (Å²) in [5.74, 6) is -0.0752. The van der Waals surface area contributed by atoms with E-state index in [1.807, 2.05) is 0 Å². The lowest BCUT2D eigenvalue weighted by atomic mass is 10.2. The molecule has 2 N–H and O–H groups in total. The van der Waals surface area contributed by atoms with Crippen LogP contribution in [0, 0.1) is 0 Å². The van der Waals surface area contributed by atoms with Gasteiger partial charge < -0.3 is 19.5 Å². The second-order valence-electron chi connectivity index (χ2n) is 7.12. The van der Waals surface area contributed by atoms with Crippen molar-refractivity contribution in [2.45, 2.75) is 36.6 Å². The maximum absolute atomic E-state index is 12.9. The van der Waals surface area contributed by atoms with Crippen molar-refractivity contribution in [3.05, 3.63) is 42.1 Å². The molecule has 0 radical (unpaired) electrons. The van der Waals surface area contributed by atoms with Crippen molar-refractivity contribution in [2.75, 3.05) is 32.8 Å². The van der Waals surface area contributed by atoms with E-state index in [2.05, 4.69) is 15.0 Å². The summed E-state index contributed by atoms with van der Waals surface area (Å²) in [6.07, 6.45) is 5.13. The summed E-state index contributed by atoms with van der Waals surface area (Å²) in [4.78, 5) is 16.9. The average Bonchev–Trinajstić information content (AvgIpc) is 3.27. The van der Waals surface area contributed by atoms with E-state index in [4.69, 9.17) is 14.2 Å².